The van der Waals surface area contributed by atoms with E-state index in [0.717, 1.165) is 25.7 Å². The Bertz CT molecular complexity index is 238. The van der Waals surface area contributed by atoms with E-state index in [4.69, 9.17) is 9.47 Å². The predicted octanol–water partition coefficient (Wildman–Crippen LogP) is 1.96. The zero-order chi connectivity index (χ0) is 11.4. The average molecular weight is 226 g/mol. The highest BCUT2D eigenvalue weighted by Crippen LogP contribution is 2.25. The molecule has 0 amide bonds. The summed E-state index contributed by atoms with van der Waals surface area (Å²) in [4.78, 5) is 22.9. The highest BCUT2D eigenvalue weighted by molar-refractivity contribution is 5.71. The van der Waals surface area contributed by atoms with E-state index in [9.17, 15) is 9.59 Å². The Hall–Kier alpha value is -1.06. The van der Waals surface area contributed by atoms with Gasteiger partial charge in [0.25, 0.3) is 0 Å². The van der Waals surface area contributed by atoms with Gasteiger partial charge >= 0.3 is 11.9 Å². The fourth-order valence-electron chi connectivity index (χ4n) is 2.30. The van der Waals surface area contributed by atoms with E-state index in [2.05, 4.69) is 0 Å². The summed E-state index contributed by atoms with van der Waals surface area (Å²) in [6.07, 6.45) is 5.65. The fraction of sp³-hybridized carbons (Fsp3) is 0.833. The average Bonchev–Trinajstić information content (AvgIpc) is 2.25. The number of ether oxygens (including phenoxy) is 2. The minimum absolute atomic E-state index is 0.0434. The Morgan fingerprint density at radius 2 is 1.12 bits per heavy atom. The standard InChI is InChI=1S/C12H18O4/c13-11-3-1-2-4-12(14)16-10-7-5-9(15-11)6-8-10/h9-10H,1-8H2. The van der Waals surface area contributed by atoms with Crippen LogP contribution in [0.2, 0.25) is 0 Å². The van der Waals surface area contributed by atoms with Gasteiger partial charge in [0.15, 0.2) is 0 Å². The van der Waals surface area contributed by atoms with E-state index in [-0.39, 0.29) is 24.1 Å². The first kappa shape index (κ1) is 11.4. The van der Waals surface area contributed by atoms with Crippen molar-refractivity contribution in [1.82, 2.24) is 0 Å². The van der Waals surface area contributed by atoms with Crippen molar-refractivity contribution in [3.8, 4) is 0 Å². The number of esters is 2. The Balaban J connectivity index is 1.94. The van der Waals surface area contributed by atoms with Crippen LogP contribution in [0.4, 0.5) is 0 Å². The minimum Gasteiger partial charge on any atom is -0.462 e. The van der Waals surface area contributed by atoms with Gasteiger partial charge in [0.05, 0.1) is 0 Å². The second-order valence-corrected chi connectivity index (χ2v) is 4.59. The first-order chi connectivity index (χ1) is 7.74. The zero-order valence-corrected chi connectivity index (χ0v) is 9.44. The van der Waals surface area contributed by atoms with E-state index < -0.39 is 0 Å². The highest BCUT2D eigenvalue weighted by atomic mass is 16.6. The third kappa shape index (κ3) is 3.22. The third-order valence-corrected chi connectivity index (χ3v) is 3.23. The van der Waals surface area contributed by atoms with Crippen molar-refractivity contribution in [2.75, 3.05) is 0 Å². The van der Waals surface area contributed by atoms with Crippen LogP contribution in [0, 0.1) is 0 Å². The lowest BCUT2D eigenvalue weighted by Gasteiger charge is -2.28. The maximum absolute atomic E-state index is 11.4. The van der Waals surface area contributed by atoms with E-state index in [1.54, 1.807) is 0 Å². The van der Waals surface area contributed by atoms with Gasteiger partial charge in [-0.3, -0.25) is 9.59 Å². The molecule has 3 aliphatic rings. The van der Waals surface area contributed by atoms with Crippen molar-refractivity contribution in [2.24, 2.45) is 0 Å². The Labute approximate surface area is 95.3 Å². The second-order valence-electron chi connectivity index (χ2n) is 4.59. The van der Waals surface area contributed by atoms with Crippen LogP contribution in [0.15, 0.2) is 0 Å². The van der Waals surface area contributed by atoms with Gasteiger partial charge < -0.3 is 9.47 Å². The Morgan fingerprint density at radius 3 is 1.50 bits per heavy atom. The SMILES string of the molecule is O=C1CCCCC(=O)OC2CCC(CC2)O1. The minimum atomic E-state index is -0.114. The molecular formula is C12H18O4. The van der Waals surface area contributed by atoms with Crippen molar-refractivity contribution in [2.45, 2.75) is 63.6 Å². The molecule has 0 aromatic rings. The summed E-state index contributed by atoms with van der Waals surface area (Å²) in [6.45, 7) is 0. The molecule has 0 atom stereocenters. The van der Waals surface area contributed by atoms with Crippen LogP contribution in [-0.2, 0) is 19.1 Å². The van der Waals surface area contributed by atoms with Crippen LogP contribution in [0.5, 0.6) is 0 Å². The molecule has 2 saturated heterocycles. The van der Waals surface area contributed by atoms with Crippen LogP contribution in [-0.4, -0.2) is 24.1 Å². The molecule has 1 saturated carbocycles. The van der Waals surface area contributed by atoms with Crippen LogP contribution in [0.25, 0.3) is 0 Å². The molecule has 2 heterocycles. The summed E-state index contributed by atoms with van der Waals surface area (Å²) in [5.41, 5.74) is 0. The van der Waals surface area contributed by atoms with Gasteiger partial charge in [-0.2, -0.15) is 0 Å². The molecule has 0 unspecified atom stereocenters. The number of hydrogen-bond acceptors (Lipinski definition) is 4. The van der Waals surface area contributed by atoms with Crippen molar-refractivity contribution in [1.29, 1.82) is 0 Å². The Kier molecular flexibility index (Phi) is 3.80. The fourth-order valence-corrected chi connectivity index (χ4v) is 2.30. The largest absolute Gasteiger partial charge is 0.462 e. The van der Waals surface area contributed by atoms with Gasteiger partial charge in [-0.05, 0) is 38.5 Å². The van der Waals surface area contributed by atoms with E-state index >= 15 is 0 Å². The lowest BCUT2D eigenvalue weighted by Crippen LogP contribution is -2.30. The monoisotopic (exact) mass is 226 g/mol. The summed E-state index contributed by atoms with van der Waals surface area (Å²) in [6, 6.07) is 0. The van der Waals surface area contributed by atoms with Crippen molar-refractivity contribution < 1.29 is 19.1 Å². The molecule has 0 aromatic carbocycles. The molecule has 3 rings (SSSR count). The molecule has 90 valence electrons. The second kappa shape index (κ2) is 5.32. The molecule has 0 N–H and O–H groups in total. The molecule has 2 bridgehead atoms. The number of carbonyl (C=O) groups excluding carboxylic acids is 2. The van der Waals surface area contributed by atoms with Crippen LogP contribution in [0.3, 0.4) is 0 Å². The van der Waals surface area contributed by atoms with Gasteiger partial charge in [-0.25, -0.2) is 0 Å². The predicted molar refractivity (Wildman–Crippen MR) is 56.7 cm³/mol. The molecule has 2 aliphatic heterocycles. The lowest BCUT2D eigenvalue weighted by molar-refractivity contribution is -0.159. The maximum atomic E-state index is 11.4. The molecule has 4 heteroatoms. The van der Waals surface area contributed by atoms with Crippen molar-refractivity contribution in [3.63, 3.8) is 0 Å². The summed E-state index contributed by atoms with van der Waals surface area (Å²) in [5, 5.41) is 0. The van der Waals surface area contributed by atoms with Gasteiger partial charge in [0.1, 0.15) is 12.2 Å². The summed E-state index contributed by atoms with van der Waals surface area (Å²) < 4.78 is 10.7. The van der Waals surface area contributed by atoms with Crippen LogP contribution >= 0.6 is 0 Å². The van der Waals surface area contributed by atoms with E-state index in [1.807, 2.05) is 0 Å². The lowest BCUT2D eigenvalue weighted by atomic mass is 9.94. The van der Waals surface area contributed by atoms with Crippen molar-refractivity contribution in [3.05, 3.63) is 0 Å². The molecule has 4 nitrogen and oxygen atoms in total. The van der Waals surface area contributed by atoms with Gasteiger partial charge in [-0.1, -0.05) is 0 Å². The topological polar surface area (TPSA) is 52.6 Å². The Morgan fingerprint density at radius 1 is 0.750 bits per heavy atom. The summed E-state index contributed by atoms with van der Waals surface area (Å²) in [7, 11) is 0. The zero-order valence-electron chi connectivity index (χ0n) is 9.44. The van der Waals surface area contributed by atoms with Crippen LogP contribution < -0.4 is 0 Å². The molecule has 16 heavy (non-hydrogen) atoms. The van der Waals surface area contributed by atoms with Crippen molar-refractivity contribution >= 4 is 11.9 Å². The molecule has 1 aliphatic carbocycles. The van der Waals surface area contributed by atoms with Gasteiger partial charge in [0, 0.05) is 12.8 Å². The molecular weight excluding hydrogens is 208 g/mol. The van der Waals surface area contributed by atoms with E-state index in [0.29, 0.717) is 25.7 Å². The third-order valence-electron chi connectivity index (χ3n) is 3.23. The first-order valence-corrected chi connectivity index (χ1v) is 6.13. The molecule has 0 radical (unpaired) electrons. The number of fused-ring (bicyclic) bond motifs is 9. The first-order valence-electron chi connectivity index (χ1n) is 6.13. The molecule has 3 fully saturated rings. The molecule has 0 aromatic heterocycles. The molecule has 0 spiro atoms. The number of rotatable bonds is 0. The van der Waals surface area contributed by atoms with Gasteiger partial charge in [0.2, 0.25) is 0 Å². The number of hydrogen-bond donors (Lipinski definition) is 0. The maximum Gasteiger partial charge on any atom is 0.306 e. The quantitative estimate of drug-likeness (QED) is 0.592. The summed E-state index contributed by atoms with van der Waals surface area (Å²) >= 11 is 0. The highest BCUT2D eigenvalue weighted by Gasteiger charge is 2.26. The van der Waals surface area contributed by atoms with Crippen LogP contribution in [0.1, 0.15) is 51.4 Å². The normalized spacial score (nSPS) is 32.2. The summed E-state index contributed by atoms with van der Waals surface area (Å²) in [5.74, 6) is -0.227. The van der Waals surface area contributed by atoms with Gasteiger partial charge in [-0.15, -0.1) is 0 Å². The number of carbonyl (C=O) groups is 2. The van der Waals surface area contributed by atoms with E-state index in [1.165, 1.54) is 0 Å². The smallest absolute Gasteiger partial charge is 0.306 e.